The molecule has 0 atom stereocenters. The zero-order chi connectivity index (χ0) is 13.9. The van der Waals surface area contributed by atoms with Gasteiger partial charge in [0, 0.05) is 12.0 Å². The van der Waals surface area contributed by atoms with Crippen molar-refractivity contribution in [1.29, 1.82) is 5.26 Å². The minimum atomic E-state index is -0.771. The topological polar surface area (TPSA) is 62.1 Å². The summed E-state index contributed by atoms with van der Waals surface area (Å²) >= 11 is 0. The molecule has 2 rings (SSSR count). The molecule has 0 saturated heterocycles. The van der Waals surface area contributed by atoms with Gasteiger partial charge in [0.2, 0.25) is 0 Å². The van der Waals surface area contributed by atoms with Gasteiger partial charge < -0.3 is 10.1 Å². The Bertz CT molecular complexity index is 527. The van der Waals surface area contributed by atoms with E-state index >= 15 is 0 Å². The van der Waals surface area contributed by atoms with Crippen LogP contribution in [0, 0.1) is 11.3 Å². The molecule has 0 aliphatic carbocycles. The number of carbonyl (C=O) groups is 1. The third-order valence-electron chi connectivity index (χ3n) is 3.73. The molecule has 0 radical (unpaired) electrons. The minimum Gasteiger partial charge on any atom is -0.493 e. The van der Waals surface area contributed by atoms with E-state index in [1.54, 1.807) is 6.07 Å². The maximum Gasteiger partial charge on any atom is 0.252 e. The number of hydrogen-bond acceptors (Lipinski definition) is 3. The number of ether oxygens (including phenoxy) is 1. The van der Waals surface area contributed by atoms with E-state index in [0.717, 1.165) is 17.7 Å². The van der Waals surface area contributed by atoms with Crippen LogP contribution in [0.3, 0.4) is 0 Å². The van der Waals surface area contributed by atoms with Crippen molar-refractivity contribution in [3.05, 3.63) is 29.3 Å². The van der Waals surface area contributed by atoms with Gasteiger partial charge in [0.1, 0.15) is 11.3 Å². The van der Waals surface area contributed by atoms with Gasteiger partial charge in [-0.2, -0.15) is 5.26 Å². The van der Waals surface area contributed by atoms with Crippen molar-refractivity contribution in [3.8, 4) is 11.8 Å². The summed E-state index contributed by atoms with van der Waals surface area (Å²) in [4.78, 5) is 12.2. The number of amides is 1. The monoisotopic (exact) mass is 258 g/mol. The largest absolute Gasteiger partial charge is 0.493 e. The van der Waals surface area contributed by atoms with Gasteiger partial charge in [0.05, 0.1) is 12.7 Å². The fraction of sp³-hybridized carbons (Fsp3) is 0.467. The first-order valence-corrected chi connectivity index (χ1v) is 6.63. The van der Waals surface area contributed by atoms with E-state index in [1.807, 2.05) is 26.0 Å². The molecule has 1 aliphatic heterocycles. The number of nitrogens with zero attached hydrogens (tertiary/aromatic N) is 1. The number of hydrogen-bond donors (Lipinski definition) is 1. The summed E-state index contributed by atoms with van der Waals surface area (Å²) in [6.45, 7) is 4.49. The van der Waals surface area contributed by atoms with Crippen molar-refractivity contribution in [2.75, 3.05) is 6.61 Å². The highest BCUT2D eigenvalue weighted by molar-refractivity contribution is 5.95. The van der Waals surface area contributed by atoms with Crippen LogP contribution < -0.4 is 10.1 Å². The molecule has 0 saturated carbocycles. The van der Waals surface area contributed by atoms with Crippen LogP contribution in [-0.2, 0) is 6.42 Å². The first-order chi connectivity index (χ1) is 9.14. The average Bonchev–Trinajstić information content (AvgIpc) is 2.92. The molecule has 1 heterocycles. The molecule has 1 aromatic rings. The molecule has 0 bridgehead atoms. The average molecular weight is 258 g/mol. The van der Waals surface area contributed by atoms with Crippen LogP contribution in [0.25, 0.3) is 0 Å². The molecule has 0 unspecified atom stereocenters. The third-order valence-corrected chi connectivity index (χ3v) is 3.73. The predicted octanol–water partition coefficient (Wildman–Crippen LogP) is 2.43. The van der Waals surface area contributed by atoms with E-state index in [1.165, 1.54) is 0 Å². The van der Waals surface area contributed by atoms with Gasteiger partial charge in [-0.05, 0) is 36.6 Å². The molecule has 0 fully saturated rings. The first-order valence-electron chi connectivity index (χ1n) is 6.63. The molecule has 4 heteroatoms. The van der Waals surface area contributed by atoms with Crippen molar-refractivity contribution >= 4 is 5.91 Å². The van der Waals surface area contributed by atoms with E-state index in [4.69, 9.17) is 4.74 Å². The Labute approximate surface area is 113 Å². The van der Waals surface area contributed by atoms with Crippen molar-refractivity contribution in [2.45, 2.75) is 38.6 Å². The van der Waals surface area contributed by atoms with Crippen LogP contribution in [0.5, 0.6) is 5.75 Å². The summed E-state index contributed by atoms with van der Waals surface area (Å²) in [6.07, 6.45) is 2.03. The van der Waals surface area contributed by atoms with Gasteiger partial charge in [0.15, 0.2) is 0 Å². The van der Waals surface area contributed by atoms with Gasteiger partial charge in [-0.25, -0.2) is 0 Å². The zero-order valence-corrected chi connectivity index (χ0v) is 11.3. The van der Waals surface area contributed by atoms with Gasteiger partial charge in [0.25, 0.3) is 5.91 Å². The Kier molecular flexibility index (Phi) is 3.75. The fourth-order valence-corrected chi connectivity index (χ4v) is 2.23. The van der Waals surface area contributed by atoms with Gasteiger partial charge in [-0.1, -0.05) is 13.8 Å². The lowest BCUT2D eigenvalue weighted by atomic mass is 9.94. The van der Waals surface area contributed by atoms with Crippen LogP contribution >= 0.6 is 0 Å². The highest BCUT2D eigenvalue weighted by Crippen LogP contribution is 2.26. The van der Waals surface area contributed by atoms with E-state index < -0.39 is 5.54 Å². The third kappa shape index (κ3) is 2.55. The fourth-order valence-electron chi connectivity index (χ4n) is 2.23. The van der Waals surface area contributed by atoms with Gasteiger partial charge in [-0.15, -0.1) is 0 Å². The molecule has 0 aromatic heterocycles. The Hall–Kier alpha value is -2.02. The van der Waals surface area contributed by atoms with Crippen molar-refractivity contribution in [2.24, 2.45) is 0 Å². The lowest BCUT2D eigenvalue weighted by Crippen LogP contribution is -2.46. The summed E-state index contributed by atoms with van der Waals surface area (Å²) in [6, 6.07) is 7.63. The molecule has 1 N–H and O–H groups in total. The molecule has 1 aliphatic rings. The molecule has 1 amide bonds. The second-order valence-electron chi connectivity index (χ2n) is 4.78. The van der Waals surface area contributed by atoms with Gasteiger partial charge >= 0.3 is 0 Å². The number of benzene rings is 1. The number of nitrogens with one attached hydrogen (secondary N) is 1. The summed E-state index contributed by atoms with van der Waals surface area (Å²) in [5, 5.41) is 12.1. The maximum absolute atomic E-state index is 12.2. The second kappa shape index (κ2) is 5.31. The minimum absolute atomic E-state index is 0.194. The zero-order valence-electron chi connectivity index (χ0n) is 11.3. The standard InChI is InChI=1S/C15H18N2O2/c1-3-15(4-2,10-16)17-14(18)12-5-6-13-11(9-12)7-8-19-13/h5-6,9H,3-4,7-8H2,1-2H3,(H,17,18). The lowest BCUT2D eigenvalue weighted by molar-refractivity contribution is 0.0915. The van der Waals surface area contributed by atoms with Crippen LogP contribution in [0.15, 0.2) is 18.2 Å². The van der Waals surface area contributed by atoms with Crippen LogP contribution in [-0.4, -0.2) is 18.1 Å². The Morgan fingerprint density at radius 2 is 2.21 bits per heavy atom. The summed E-state index contributed by atoms with van der Waals surface area (Å²) in [5.74, 6) is 0.661. The maximum atomic E-state index is 12.2. The smallest absolute Gasteiger partial charge is 0.252 e. The number of carbonyl (C=O) groups excluding carboxylic acids is 1. The van der Waals surface area contributed by atoms with Crippen LogP contribution in [0.1, 0.15) is 42.6 Å². The van der Waals surface area contributed by atoms with Crippen LogP contribution in [0.2, 0.25) is 0 Å². The van der Waals surface area contributed by atoms with E-state index in [2.05, 4.69) is 11.4 Å². The number of rotatable bonds is 4. The summed E-state index contributed by atoms with van der Waals surface area (Å²) in [7, 11) is 0. The predicted molar refractivity (Wildman–Crippen MR) is 72.0 cm³/mol. The van der Waals surface area contributed by atoms with Crippen molar-refractivity contribution in [1.82, 2.24) is 5.32 Å². The molecule has 100 valence electrons. The lowest BCUT2D eigenvalue weighted by Gasteiger charge is -2.25. The van der Waals surface area contributed by atoms with E-state index in [9.17, 15) is 10.1 Å². The van der Waals surface area contributed by atoms with Gasteiger partial charge in [-0.3, -0.25) is 4.79 Å². The molecule has 1 aromatic carbocycles. The molecule has 4 nitrogen and oxygen atoms in total. The highest BCUT2D eigenvalue weighted by Gasteiger charge is 2.28. The van der Waals surface area contributed by atoms with Crippen LogP contribution in [0.4, 0.5) is 0 Å². The summed E-state index contributed by atoms with van der Waals surface area (Å²) in [5.41, 5.74) is 0.876. The van der Waals surface area contributed by atoms with Crippen molar-refractivity contribution in [3.63, 3.8) is 0 Å². The van der Waals surface area contributed by atoms with E-state index in [0.29, 0.717) is 25.0 Å². The number of fused-ring (bicyclic) bond motifs is 1. The summed E-state index contributed by atoms with van der Waals surface area (Å²) < 4.78 is 5.41. The SMILES string of the molecule is CCC(C#N)(CC)NC(=O)c1ccc2c(c1)CCO2. The molecule has 0 spiro atoms. The quantitative estimate of drug-likeness (QED) is 0.902. The number of nitriles is 1. The van der Waals surface area contributed by atoms with E-state index in [-0.39, 0.29) is 5.91 Å². The molecular formula is C15H18N2O2. The molecule has 19 heavy (non-hydrogen) atoms. The van der Waals surface area contributed by atoms with Crippen molar-refractivity contribution < 1.29 is 9.53 Å². The normalized spacial score (nSPS) is 13.3. The Balaban J connectivity index is 2.19. The highest BCUT2D eigenvalue weighted by atomic mass is 16.5. The second-order valence-corrected chi connectivity index (χ2v) is 4.78. The Morgan fingerprint density at radius 3 is 2.84 bits per heavy atom. The Morgan fingerprint density at radius 1 is 1.47 bits per heavy atom. The first kappa shape index (κ1) is 13.4. The molecular weight excluding hydrogens is 240 g/mol.